The van der Waals surface area contributed by atoms with Gasteiger partial charge in [0.15, 0.2) is 0 Å². The fraction of sp³-hybridized carbons (Fsp3) is 0.211. The minimum atomic E-state index is -0.546. The number of halogens is 1. The number of pyridine rings is 1. The van der Waals surface area contributed by atoms with Crippen LogP contribution >= 0.6 is 0 Å². The summed E-state index contributed by atoms with van der Waals surface area (Å²) in [5.74, 6) is -0.0634. The highest BCUT2D eigenvalue weighted by Crippen LogP contribution is 2.22. The van der Waals surface area contributed by atoms with E-state index in [0.717, 1.165) is 12.1 Å². The monoisotopic (exact) mass is 381 g/mol. The zero-order valence-corrected chi connectivity index (χ0v) is 14.8. The molecule has 0 atom stereocenters. The van der Waals surface area contributed by atoms with Crippen molar-refractivity contribution in [2.24, 2.45) is 0 Å². The number of hydrogen-bond acceptors (Lipinski definition) is 6. The van der Waals surface area contributed by atoms with Crippen LogP contribution in [0.25, 0.3) is 11.4 Å². The first-order valence-electron chi connectivity index (χ1n) is 8.69. The molecule has 0 unspecified atom stereocenters. The zero-order chi connectivity index (χ0) is 19.7. The van der Waals surface area contributed by atoms with E-state index in [4.69, 9.17) is 0 Å². The first-order valence-corrected chi connectivity index (χ1v) is 8.69. The molecule has 3 heterocycles. The maximum Gasteiger partial charge on any atom is 0.269 e. The van der Waals surface area contributed by atoms with E-state index in [0.29, 0.717) is 42.2 Å². The molecule has 0 fully saturated rings. The van der Waals surface area contributed by atoms with Crippen LogP contribution in [0.5, 0.6) is 0 Å². The highest BCUT2D eigenvalue weighted by molar-refractivity contribution is 5.53. The van der Waals surface area contributed by atoms with Crippen molar-refractivity contribution in [2.45, 2.75) is 19.5 Å². The third-order valence-corrected chi connectivity index (χ3v) is 4.72. The van der Waals surface area contributed by atoms with Crippen molar-refractivity contribution in [1.29, 1.82) is 0 Å². The van der Waals surface area contributed by atoms with Gasteiger partial charge in [-0.25, -0.2) is 9.37 Å². The lowest BCUT2D eigenvalue weighted by Crippen LogP contribution is -2.35. The Bertz CT molecular complexity index is 1100. The summed E-state index contributed by atoms with van der Waals surface area (Å²) in [6.07, 6.45) is 3.72. The average molecular weight is 381 g/mol. The molecule has 1 aliphatic rings. The van der Waals surface area contributed by atoms with Crippen molar-refractivity contribution in [3.8, 4) is 11.4 Å². The number of non-ortho nitro benzene ring substituents is 1. The highest BCUT2D eigenvalue weighted by atomic mass is 19.1. The molecule has 0 saturated carbocycles. The largest absolute Gasteiger partial charge is 0.306 e. The molecule has 1 aromatic carbocycles. The molecule has 0 bridgehead atoms. The lowest BCUT2D eigenvalue weighted by Gasteiger charge is -2.27. The van der Waals surface area contributed by atoms with E-state index < -0.39 is 10.7 Å². The van der Waals surface area contributed by atoms with Crippen molar-refractivity contribution in [1.82, 2.24) is 19.9 Å². The van der Waals surface area contributed by atoms with Gasteiger partial charge < -0.3 is 4.98 Å². The fourth-order valence-corrected chi connectivity index (χ4v) is 3.31. The summed E-state index contributed by atoms with van der Waals surface area (Å²) in [6.45, 7) is 1.09. The molecule has 0 spiro atoms. The third-order valence-electron chi connectivity index (χ3n) is 4.72. The van der Waals surface area contributed by atoms with Crippen LogP contribution in [0.15, 0.2) is 47.5 Å². The van der Waals surface area contributed by atoms with Crippen LogP contribution in [0, 0.1) is 15.9 Å². The number of rotatable bonds is 4. The van der Waals surface area contributed by atoms with Gasteiger partial charge in [0.05, 0.1) is 10.6 Å². The number of aromatic nitrogens is 3. The van der Waals surface area contributed by atoms with Gasteiger partial charge >= 0.3 is 0 Å². The van der Waals surface area contributed by atoms with Gasteiger partial charge in [-0.2, -0.15) is 0 Å². The number of benzene rings is 1. The molecule has 9 heteroatoms. The molecule has 4 rings (SSSR count). The molecule has 142 valence electrons. The zero-order valence-electron chi connectivity index (χ0n) is 14.8. The van der Waals surface area contributed by atoms with Gasteiger partial charge in [0.1, 0.15) is 11.6 Å². The molecule has 3 aromatic rings. The summed E-state index contributed by atoms with van der Waals surface area (Å²) in [5, 5.41) is 10.9. The normalized spacial score (nSPS) is 13.9. The van der Waals surface area contributed by atoms with E-state index in [1.807, 2.05) is 4.90 Å². The van der Waals surface area contributed by atoms with E-state index in [9.17, 15) is 19.3 Å². The number of H-pyrrole nitrogens is 1. The van der Waals surface area contributed by atoms with Gasteiger partial charge in [-0.1, -0.05) is 0 Å². The topological polar surface area (TPSA) is 105 Å². The molecule has 0 aliphatic carbocycles. The van der Waals surface area contributed by atoms with Crippen LogP contribution in [0.2, 0.25) is 0 Å². The smallest absolute Gasteiger partial charge is 0.269 e. The van der Waals surface area contributed by atoms with E-state index in [2.05, 4.69) is 15.0 Å². The summed E-state index contributed by atoms with van der Waals surface area (Å²) in [4.78, 5) is 36.1. The number of fused-ring (bicyclic) bond motifs is 1. The molecule has 0 amide bonds. The van der Waals surface area contributed by atoms with Crippen molar-refractivity contribution >= 4 is 5.69 Å². The number of nitrogens with one attached hydrogen (secondary N) is 1. The second-order valence-corrected chi connectivity index (χ2v) is 6.57. The Labute approximate surface area is 158 Å². The van der Waals surface area contributed by atoms with Gasteiger partial charge in [-0.15, -0.1) is 0 Å². The summed E-state index contributed by atoms with van der Waals surface area (Å²) in [7, 11) is 0. The van der Waals surface area contributed by atoms with Gasteiger partial charge in [-0.3, -0.25) is 24.8 Å². The molecule has 1 N–H and O–H groups in total. The molecule has 2 aromatic heterocycles. The summed E-state index contributed by atoms with van der Waals surface area (Å²) in [5.41, 5.74) is 1.84. The number of aromatic amines is 1. The van der Waals surface area contributed by atoms with Crippen LogP contribution in [-0.2, 0) is 19.5 Å². The lowest BCUT2D eigenvalue weighted by atomic mass is 10.0. The van der Waals surface area contributed by atoms with E-state index in [1.54, 1.807) is 24.5 Å². The maximum atomic E-state index is 14.1. The lowest BCUT2D eigenvalue weighted by molar-refractivity contribution is -0.385. The fourth-order valence-electron chi connectivity index (χ4n) is 3.31. The van der Waals surface area contributed by atoms with Crippen molar-refractivity contribution in [3.05, 3.63) is 85.8 Å². The third kappa shape index (κ3) is 3.52. The van der Waals surface area contributed by atoms with Crippen molar-refractivity contribution in [2.75, 3.05) is 6.54 Å². The van der Waals surface area contributed by atoms with Gasteiger partial charge in [0, 0.05) is 60.9 Å². The predicted molar refractivity (Wildman–Crippen MR) is 99.0 cm³/mol. The molecular formula is C19H16FN5O3. The minimum absolute atomic E-state index is 0.151. The predicted octanol–water partition coefficient (Wildman–Crippen LogP) is 2.44. The van der Waals surface area contributed by atoms with Gasteiger partial charge in [-0.05, 0) is 24.6 Å². The Morgan fingerprint density at radius 2 is 2.18 bits per heavy atom. The number of nitro groups is 1. The van der Waals surface area contributed by atoms with Crippen LogP contribution < -0.4 is 5.56 Å². The van der Waals surface area contributed by atoms with E-state index in [-0.39, 0.29) is 23.4 Å². The van der Waals surface area contributed by atoms with Crippen LogP contribution in [-0.4, -0.2) is 31.3 Å². The second-order valence-electron chi connectivity index (χ2n) is 6.57. The Hall–Kier alpha value is -3.46. The first kappa shape index (κ1) is 17.9. The SMILES string of the molecule is O=c1[nH]c(-c2cccnc2)nc2c1CCN(Cc1cc([N+](=O)[O-])ccc1F)C2. The summed E-state index contributed by atoms with van der Waals surface area (Å²) >= 11 is 0. The summed E-state index contributed by atoms with van der Waals surface area (Å²) in [6, 6.07) is 7.06. The number of hydrogen-bond donors (Lipinski definition) is 1. The maximum absolute atomic E-state index is 14.1. The average Bonchev–Trinajstić information content (AvgIpc) is 2.70. The molecule has 1 aliphatic heterocycles. The van der Waals surface area contributed by atoms with E-state index >= 15 is 0 Å². The van der Waals surface area contributed by atoms with Crippen molar-refractivity contribution < 1.29 is 9.31 Å². The highest BCUT2D eigenvalue weighted by Gasteiger charge is 2.23. The molecular weight excluding hydrogens is 365 g/mol. The Morgan fingerprint density at radius 3 is 2.93 bits per heavy atom. The van der Waals surface area contributed by atoms with Crippen molar-refractivity contribution in [3.63, 3.8) is 0 Å². The quantitative estimate of drug-likeness (QED) is 0.550. The number of nitro benzene ring substituents is 1. The standard InChI is InChI=1S/C19H16FN5O3/c20-16-4-3-14(25(27)28)8-13(16)10-24-7-5-15-17(11-24)22-18(23-19(15)26)12-2-1-6-21-9-12/h1-4,6,8-9H,5,7,10-11H2,(H,22,23,26). The van der Waals surface area contributed by atoms with E-state index in [1.165, 1.54) is 6.07 Å². The van der Waals surface area contributed by atoms with Crippen LogP contribution in [0.3, 0.4) is 0 Å². The van der Waals surface area contributed by atoms with Gasteiger partial charge in [0.25, 0.3) is 11.2 Å². The number of nitrogens with zero attached hydrogens (tertiary/aromatic N) is 4. The first-order chi connectivity index (χ1) is 13.5. The Morgan fingerprint density at radius 1 is 1.32 bits per heavy atom. The Balaban J connectivity index is 1.61. The molecule has 8 nitrogen and oxygen atoms in total. The summed E-state index contributed by atoms with van der Waals surface area (Å²) < 4.78 is 14.1. The second kappa shape index (κ2) is 7.28. The minimum Gasteiger partial charge on any atom is -0.306 e. The van der Waals surface area contributed by atoms with Crippen LogP contribution in [0.4, 0.5) is 10.1 Å². The van der Waals surface area contributed by atoms with Crippen LogP contribution in [0.1, 0.15) is 16.8 Å². The Kier molecular flexibility index (Phi) is 4.66. The van der Waals surface area contributed by atoms with Gasteiger partial charge in [0.2, 0.25) is 0 Å². The molecule has 28 heavy (non-hydrogen) atoms. The molecule has 0 radical (unpaired) electrons. The molecule has 0 saturated heterocycles.